The molecule has 3 N–H and O–H groups in total. The third-order valence-electron chi connectivity index (χ3n) is 1.07. The van der Waals surface area contributed by atoms with Gasteiger partial charge in [-0.2, -0.15) is 5.48 Å². The Kier molecular flexibility index (Phi) is 3.19. The van der Waals surface area contributed by atoms with Crippen molar-refractivity contribution in [2.24, 2.45) is 5.92 Å². The van der Waals surface area contributed by atoms with Gasteiger partial charge in [0.25, 0.3) is 0 Å². The summed E-state index contributed by atoms with van der Waals surface area (Å²) in [4.78, 5) is 10.1. The van der Waals surface area contributed by atoms with Gasteiger partial charge in [0.1, 0.15) is 6.04 Å². The largest absolute Gasteiger partial charge is 0.480 e. The van der Waals surface area contributed by atoms with E-state index in [1.807, 2.05) is 0 Å². The van der Waals surface area contributed by atoms with Gasteiger partial charge in [0, 0.05) is 0 Å². The predicted octanol–water partition coefficient (Wildman–Crippen LogP) is 0.0744. The molecule has 0 aliphatic rings. The molecule has 0 aromatic heterocycles. The molecule has 0 spiro atoms. The van der Waals surface area contributed by atoms with Gasteiger partial charge in [0.2, 0.25) is 0 Å². The van der Waals surface area contributed by atoms with Crippen molar-refractivity contribution >= 4 is 5.97 Å². The number of carboxylic acid groups (broad SMARTS) is 1. The van der Waals surface area contributed by atoms with E-state index in [0.717, 1.165) is 0 Å². The maximum Gasteiger partial charge on any atom is 0.323 e. The van der Waals surface area contributed by atoms with Gasteiger partial charge in [-0.05, 0) is 5.92 Å². The molecule has 0 aliphatic heterocycles. The van der Waals surface area contributed by atoms with E-state index in [-0.39, 0.29) is 5.92 Å². The van der Waals surface area contributed by atoms with Crippen LogP contribution in [0.15, 0.2) is 0 Å². The van der Waals surface area contributed by atoms with E-state index in [9.17, 15) is 4.79 Å². The van der Waals surface area contributed by atoms with Crippen LogP contribution in [0, 0.1) is 5.92 Å². The van der Waals surface area contributed by atoms with Crippen molar-refractivity contribution in [2.45, 2.75) is 19.9 Å². The van der Waals surface area contributed by atoms with Crippen LogP contribution in [0.2, 0.25) is 0 Å². The van der Waals surface area contributed by atoms with E-state index in [1.54, 1.807) is 19.3 Å². The molecule has 0 saturated carbocycles. The molecule has 0 saturated heterocycles. The van der Waals surface area contributed by atoms with Crippen LogP contribution >= 0.6 is 0 Å². The van der Waals surface area contributed by atoms with Crippen LogP contribution in [0.4, 0.5) is 0 Å². The summed E-state index contributed by atoms with van der Waals surface area (Å²) >= 11 is 0. The Morgan fingerprint density at radius 2 is 2.00 bits per heavy atom. The number of carbonyl (C=O) groups is 1. The third-order valence-corrected chi connectivity index (χ3v) is 1.07. The summed E-state index contributed by atoms with van der Waals surface area (Å²) in [7, 11) is 0. The SMILES string of the molecule is CC(C)C(NO)C(=O)O. The Labute approximate surface area is 53.5 Å². The van der Waals surface area contributed by atoms with Crippen molar-refractivity contribution in [3.05, 3.63) is 0 Å². The fraction of sp³-hybridized carbons (Fsp3) is 0.800. The summed E-state index contributed by atoms with van der Waals surface area (Å²) in [5.74, 6) is -1.14. The summed E-state index contributed by atoms with van der Waals surface area (Å²) in [6, 6.07) is -0.856. The van der Waals surface area contributed by atoms with Crippen molar-refractivity contribution in [2.75, 3.05) is 0 Å². The zero-order valence-corrected chi connectivity index (χ0v) is 5.46. The van der Waals surface area contributed by atoms with Crippen molar-refractivity contribution in [1.82, 2.24) is 5.48 Å². The zero-order valence-electron chi connectivity index (χ0n) is 5.46. The normalized spacial score (nSPS) is 13.8. The average Bonchev–Trinajstić information content (AvgIpc) is 1.64. The van der Waals surface area contributed by atoms with Crippen LogP contribution in [-0.2, 0) is 4.79 Å². The minimum absolute atomic E-state index is 0.104. The van der Waals surface area contributed by atoms with Crippen LogP contribution in [0.1, 0.15) is 13.8 Å². The number of carboxylic acids is 1. The van der Waals surface area contributed by atoms with Gasteiger partial charge in [0.15, 0.2) is 0 Å². The third kappa shape index (κ3) is 2.43. The first kappa shape index (κ1) is 8.39. The number of hydrogen-bond acceptors (Lipinski definition) is 3. The summed E-state index contributed by atoms with van der Waals surface area (Å²) in [6.07, 6.45) is 0. The molecule has 1 atom stereocenters. The van der Waals surface area contributed by atoms with E-state index in [0.29, 0.717) is 0 Å². The first-order valence-corrected chi connectivity index (χ1v) is 2.72. The van der Waals surface area contributed by atoms with Gasteiger partial charge in [-0.25, -0.2) is 0 Å². The summed E-state index contributed by atoms with van der Waals surface area (Å²) < 4.78 is 0. The molecule has 0 aliphatic carbocycles. The average molecular weight is 133 g/mol. The second-order valence-electron chi connectivity index (χ2n) is 2.19. The van der Waals surface area contributed by atoms with Crippen LogP contribution in [0.5, 0.6) is 0 Å². The molecule has 9 heavy (non-hydrogen) atoms. The molecule has 1 unspecified atom stereocenters. The smallest absolute Gasteiger partial charge is 0.323 e. The van der Waals surface area contributed by atoms with Crippen LogP contribution in [-0.4, -0.2) is 22.3 Å². The predicted molar refractivity (Wildman–Crippen MR) is 31.2 cm³/mol. The molecule has 0 aromatic rings. The van der Waals surface area contributed by atoms with E-state index in [4.69, 9.17) is 10.3 Å². The topological polar surface area (TPSA) is 69.6 Å². The van der Waals surface area contributed by atoms with Gasteiger partial charge in [-0.3, -0.25) is 4.79 Å². The van der Waals surface area contributed by atoms with Gasteiger partial charge >= 0.3 is 5.97 Å². The highest BCUT2D eigenvalue weighted by atomic mass is 16.5. The van der Waals surface area contributed by atoms with E-state index >= 15 is 0 Å². The number of hydroxylamine groups is 1. The lowest BCUT2D eigenvalue weighted by Crippen LogP contribution is -2.38. The first-order chi connectivity index (χ1) is 4.09. The number of rotatable bonds is 3. The molecule has 0 aromatic carbocycles. The Morgan fingerprint density at radius 3 is 2.00 bits per heavy atom. The Bertz CT molecular complexity index is 102. The molecule has 0 bridgehead atoms. The lowest BCUT2D eigenvalue weighted by atomic mass is 10.1. The number of aliphatic carboxylic acids is 1. The molecule has 4 nitrogen and oxygen atoms in total. The molecule has 0 heterocycles. The molecule has 0 rings (SSSR count). The summed E-state index contributed by atoms with van der Waals surface area (Å²) in [6.45, 7) is 3.42. The minimum Gasteiger partial charge on any atom is -0.480 e. The fourth-order valence-electron chi connectivity index (χ4n) is 0.489. The van der Waals surface area contributed by atoms with Gasteiger partial charge < -0.3 is 10.3 Å². The minimum atomic E-state index is -1.03. The zero-order chi connectivity index (χ0) is 7.44. The van der Waals surface area contributed by atoms with Crippen LogP contribution in [0.3, 0.4) is 0 Å². The second-order valence-corrected chi connectivity index (χ2v) is 2.19. The number of hydrogen-bond donors (Lipinski definition) is 3. The first-order valence-electron chi connectivity index (χ1n) is 2.72. The van der Waals surface area contributed by atoms with Crippen LogP contribution < -0.4 is 5.48 Å². The van der Waals surface area contributed by atoms with E-state index < -0.39 is 12.0 Å². The molecular formula is C5H11NO3. The molecular weight excluding hydrogens is 122 g/mol. The molecule has 0 fully saturated rings. The van der Waals surface area contributed by atoms with E-state index in [1.165, 1.54) is 0 Å². The summed E-state index contributed by atoms with van der Waals surface area (Å²) in [5, 5.41) is 16.6. The van der Waals surface area contributed by atoms with Gasteiger partial charge in [-0.1, -0.05) is 13.8 Å². The Balaban J connectivity index is 3.83. The highest BCUT2D eigenvalue weighted by molar-refractivity contribution is 5.73. The number of nitrogens with one attached hydrogen (secondary N) is 1. The molecule has 54 valence electrons. The molecule has 0 amide bonds. The van der Waals surface area contributed by atoms with Crippen molar-refractivity contribution in [1.29, 1.82) is 0 Å². The monoisotopic (exact) mass is 133 g/mol. The molecule has 4 heteroatoms. The fourth-order valence-corrected chi connectivity index (χ4v) is 0.489. The van der Waals surface area contributed by atoms with Gasteiger partial charge in [0.05, 0.1) is 0 Å². The quantitative estimate of drug-likeness (QED) is 0.477. The maximum absolute atomic E-state index is 10.1. The Morgan fingerprint density at radius 1 is 1.56 bits per heavy atom. The van der Waals surface area contributed by atoms with Crippen molar-refractivity contribution in [3.63, 3.8) is 0 Å². The lowest BCUT2D eigenvalue weighted by Gasteiger charge is -2.12. The Hall–Kier alpha value is -0.610. The van der Waals surface area contributed by atoms with Gasteiger partial charge in [-0.15, -0.1) is 0 Å². The maximum atomic E-state index is 10.1. The highest BCUT2D eigenvalue weighted by Gasteiger charge is 2.19. The highest BCUT2D eigenvalue weighted by Crippen LogP contribution is 1.99. The summed E-state index contributed by atoms with van der Waals surface area (Å²) in [5.41, 5.74) is 1.70. The van der Waals surface area contributed by atoms with Crippen molar-refractivity contribution < 1.29 is 15.1 Å². The molecule has 0 radical (unpaired) electrons. The standard InChI is InChI=1S/C5H11NO3/c1-3(2)4(6-9)5(7)8/h3-4,6,9H,1-2H3,(H,7,8). The lowest BCUT2D eigenvalue weighted by molar-refractivity contribution is -0.143. The second kappa shape index (κ2) is 3.42. The van der Waals surface area contributed by atoms with Crippen molar-refractivity contribution in [3.8, 4) is 0 Å². The van der Waals surface area contributed by atoms with Crippen LogP contribution in [0.25, 0.3) is 0 Å². The van der Waals surface area contributed by atoms with E-state index in [2.05, 4.69) is 0 Å².